The minimum Gasteiger partial charge on any atom is -0.481 e. The van der Waals surface area contributed by atoms with E-state index in [0.29, 0.717) is 19.4 Å². The van der Waals surface area contributed by atoms with Gasteiger partial charge in [0.1, 0.15) is 13.1 Å². The number of piperazine rings is 1. The molecule has 0 aromatic rings. The lowest BCUT2D eigenvalue weighted by molar-refractivity contribution is -0.148. The highest BCUT2D eigenvalue weighted by Crippen LogP contribution is 2.34. The molecule has 0 aromatic carbocycles. The Bertz CT molecular complexity index is 462. The number of carboxylic acid groups (broad SMARTS) is 1. The largest absolute Gasteiger partial charge is 0.481 e. The average Bonchev–Trinajstić information content (AvgIpc) is 2.82. The zero-order chi connectivity index (χ0) is 14.9. The van der Waals surface area contributed by atoms with Crippen LogP contribution in [0.1, 0.15) is 19.8 Å². The first-order chi connectivity index (χ1) is 9.38. The lowest BCUT2D eigenvalue weighted by atomic mass is 9.84. The summed E-state index contributed by atoms with van der Waals surface area (Å²) in [5.74, 6) is -1.95. The minimum absolute atomic E-state index is 0.115. The highest BCUT2D eigenvalue weighted by atomic mass is 16.4. The molecule has 0 saturated carbocycles. The van der Waals surface area contributed by atoms with Crippen LogP contribution in [0.15, 0.2) is 0 Å². The molecule has 0 aliphatic carbocycles. The highest BCUT2D eigenvalue weighted by Gasteiger charge is 2.46. The van der Waals surface area contributed by atoms with Gasteiger partial charge in [-0.15, -0.1) is 0 Å². The summed E-state index contributed by atoms with van der Waals surface area (Å²) in [4.78, 5) is 48.6. The van der Waals surface area contributed by atoms with E-state index < -0.39 is 29.2 Å². The standard InChI is InChI=1S/C12H17N3O5/c1-2-12(10(18)19)3-4-14(7-12)11(20)15-5-8(16)13-9(17)6-15/h2-7H2,1H3,(H,18,19)(H,13,16,17). The van der Waals surface area contributed by atoms with Crippen LogP contribution in [-0.2, 0) is 14.4 Å². The second kappa shape index (κ2) is 5.10. The summed E-state index contributed by atoms with van der Waals surface area (Å²) in [5, 5.41) is 11.4. The van der Waals surface area contributed by atoms with E-state index >= 15 is 0 Å². The van der Waals surface area contributed by atoms with Crippen LogP contribution in [0.5, 0.6) is 0 Å². The van der Waals surface area contributed by atoms with Crippen molar-refractivity contribution >= 4 is 23.8 Å². The van der Waals surface area contributed by atoms with Crippen molar-refractivity contribution in [2.75, 3.05) is 26.2 Å². The van der Waals surface area contributed by atoms with Crippen LogP contribution >= 0.6 is 0 Å². The average molecular weight is 283 g/mol. The number of imide groups is 1. The summed E-state index contributed by atoms with van der Waals surface area (Å²) >= 11 is 0. The number of hydrogen-bond acceptors (Lipinski definition) is 4. The quantitative estimate of drug-likeness (QED) is 0.648. The second-order valence-corrected chi connectivity index (χ2v) is 5.22. The van der Waals surface area contributed by atoms with Crippen molar-refractivity contribution < 1.29 is 24.3 Å². The molecule has 8 nitrogen and oxygen atoms in total. The molecule has 2 fully saturated rings. The van der Waals surface area contributed by atoms with Crippen molar-refractivity contribution in [2.24, 2.45) is 5.41 Å². The van der Waals surface area contributed by atoms with Gasteiger partial charge in [-0.05, 0) is 12.8 Å². The second-order valence-electron chi connectivity index (χ2n) is 5.22. The first-order valence-corrected chi connectivity index (χ1v) is 6.48. The molecular formula is C12H17N3O5. The molecule has 20 heavy (non-hydrogen) atoms. The number of carbonyl (C=O) groups is 4. The van der Waals surface area contributed by atoms with Crippen molar-refractivity contribution in [1.29, 1.82) is 0 Å². The van der Waals surface area contributed by atoms with E-state index in [1.165, 1.54) is 4.90 Å². The van der Waals surface area contributed by atoms with Gasteiger partial charge in [-0.1, -0.05) is 6.92 Å². The summed E-state index contributed by atoms with van der Waals surface area (Å²) in [6.07, 6.45) is 0.823. The number of urea groups is 1. The van der Waals surface area contributed by atoms with Crippen LogP contribution in [0, 0.1) is 5.41 Å². The number of likely N-dealkylation sites (tertiary alicyclic amines) is 1. The van der Waals surface area contributed by atoms with Gasteiger partial charge < -0.3 is 14.9 Å². The monoisotopic (exact) mass is 283 g/mol. The normalized spacial score (nSPS) is 26.6. The van der Waals surface area contributed by atoms with E-state index in [0.717, 1.165) is 4.90 Å². The number of carbonyl (C=O) groups excluding carboxylic acids is 3. The number of carboxylic acids is 1. The van der Waals surface area contributed by atoms with Crippen LogP contribution in [0.2, 0.25) is 0 Å². The van der Waals surface area contributed by atoms with E-state index in [1.54, 1.807) is 6.92 Å². The fourth-order valence-electron chi connectivity index (χ4n) is 2.62. The molecular weight excluding hydrogens is 266 g/mol. The fraction of sp³-hybridized carbons (Fsp3) is 0.667. The number of nitrogens with one attached hydrogen (secondary N) is 1. The van der Waals surface area contributed by atoms with Gasteiger partial charge in [0.15, 0.2) is 0 Å². The predicted molar refractivity (Wildman–Crippen MR) is 66.7 cm³/mol. The maximum atomic E-state index is 12.2. The summed E-state index contributed by atoms with van der Waals surface area (Å²) in [6.45, 7) is 1.87. The summed E-state index contributed by atoms with van der Waals surface area (Å²) in [7, 11) is 0. The van der Waals surface area contributed by atoms with E-state index in [1.807, 2.05) is 0 Å². The highest BCUT2D eigenvalue weighted by molar-refractivity contribution is 6.02. The molecule has 2 N–H and O–H groups in total. The third-order valence-corrected chi connectivity index (χ3v) is 3.97. The molecule has 1 atom stereocenters. The zero-order valence-corrected chi connectivity index (χ0v) is 11.2. The molecule has 0 radical (unpaired) electrons. The Morgan fingerprint density at radius 1 is 1.25 bits per heavy atom. The van der Waals surface area contributed by atoms with E-state index in [9.17, 15) is 24.3 Å². The van der Waals surface area contributed by atoms with Gasteiger partial charge in [-0.2, -0.15) is 0 Å². The van der Waals surface area contributed by atoms with Gasteiger partial charge in [-0.25, -0.2) is 4.79 Å². The Morgan fingerprint density at radius 2 is 1.85 bits per heavy atom. The maximum Gasteiger partial charge on any atom is 0.320 e. The van der Waals surface area contributed by atoms with Crippen LogP contribution in [-0.4, -0.2) is 64.9 Å². The Balaban J connectivity index is 2.06. The molecule has 0 spiro atoms. The van der Waals surface area contributed by atoms with Crippen LogP contribution < -0.4 is 5.32 Å². The Kier molecular flexibility index (Phi) is 3.65. The van der Waals surface area contributed by atoms with Gasteiger partial charge in [0.2, 0.25) is 11.8 Å². The third kappa shape index (κ3) is 2.45. The number of hydrogen-bond donors (Lipinski definition) is 2. The van der Waals surface area contributed by atoms with Crippen LogP contribution in [0.25, 0.3) is 0 Å². The Morgan fingerprint density at radius 3 is 2.30 bits per heavy atom. The first kappa shape index (κ1) is 14.3. The Hall–Kier alpha value is -2.12. The van der Waals surface area contributed by atoms with Gasteiger partial charge in [0.25, 0.3) is 0 Å². The smallest absolute Gasteiger partial charge is 0.320 e. The number of rotatable bonds is 2. The molecule has 2 aliphatic heterocycles. The fourth-order valence-corrected chi connectivity index (χ4v) is 2.62. The molecule has 2 rings (SSSR count). The van der Waals surface area contributed by atoms with Crippen molar-refractivity contribution in [3.63, 3.8) is 0 Å². The topological polar surface area (TPSA) is 107 Å². The lowest BCUT2D eigenvalue weighted by Gasteiger charge is -2.30. The zero-order valence-electron chi connectivity index (χ0n) is 11.2. The number of aliphatic carboxylic acids is 1. The SMILES string of the molecule is CCC1(C(=O)O)CCN(C(=O)N2CC(=O)NC(=O)C2)C1. The number of amides is 4. The van der Waals surface area contributed by atoms with Crippen molar-refractivity contribution in [3.05, 3.63) is 0 Å². The van der Waals surface area contributed by atoms with Gasteiger partial charge in [0.05, 0.1) is 5.41 Å². The van der Waals surface area contributed by atoms with Crippen molar-refractivity contribution in [2.45, 2.75) is 19.8 Å². The lowest BCUT2D eigenvalue weighted by Crippen LogP contribution is -2.56. The molecule has 2 saturated heterocycles. The molecule has 0 bridgehead atoms. The molecule has 2 heterocycles. The summed E-state index contributed by atoms with van der Waals surface area (Å²) in [6, 6.07) is -0.454. The molecule has 110 valence electrons. The predicted octanol–water partition coefficient (Wildman–Crippen LogP) is -0.748. The molecule has 2 aliphatic rings. The third-order valence-electron chi connectivity index (χ3n) is 3.97. The summed E-state index contributed by atoms with van der Waals surface area (Å²) in [5.41, 5.74) is -0.919. The van der Waals surface area contributed by atoms with E-state index in [4.69, 9.17) is 0 Å². The minimum atomic E-state index is -0.919. The van der Waals surface area contributed by atoms with Crippen molar-refractivity contribution in [1.82, 2.24) is 15.1 Å². The summed E-state index contributed by atoms with van der Waals surface area (Å²) < 4.78 is 0. The Labute approximate surface area is 115 Å². The van der Waals surface area contributed by atoms with Gasteiger partial charge in [-0.3, -0.25) is 19.7 Å². The van der Waals surface area contributed by atoms with E-state index in [2.05, 4.69) is 5.32 Å². The molecule has 4 amide bonds. The number of nitrogens with zero attached hydrogens (tertiary/aromatic N) is 2. The van der Waals surface area contributed by atoms with Crippen molar-refractivity contribution in [3.8, 4) is 0 Å². The van der Waals surface area contributed by atoms with Gasteiger partial charge in [0, 0.05) is 13.1 Å². The first-order valence-electron chi connectivity index (χ1n) is 6.48. The van der Waals surface area contributed by atoms with Crippen LogP contribution in [0.3, 0.4) is 0 Å². The molecule has 0 aromatic heterocycles. The van der Waals surface area contributed by atoms with Crippen LogP contribution in [0.4, 0.5) is 4.79 Å². The van der Waals surface area contributed by atoms with E-state index in [-0.39, 0.29) is 19.6 Å². The molecule has 8 heteroatoms. The van der Waals surface area contributed by atoms with Gasteiger partial charge >= 0.3 is 12.0 Å². The molecule has 1 unspecified atom stereocenters. The maximum absolute atomic E-state index is 12.2.